The third-order valence-electron chi connectivity index (χ3n) is 4.69. The van der Waals surface area contributed by atoms with Gasteiger partial charge in [-0.05, 0) is 48.6 Å². The number of aryl methyl sites for hydroxylation is 1. The van der Waals surface area contributed by atoms with Gasteiger partial charge in [0.25, 0.3) is 0 Å². The molecule has 1 aliphatic rings. The van der Waals surface area contributed by atoms with Gasteiger partial charge in [-0.25, -0.2) is 4.39 Å². The summed E-state index contributed by atoms with van der Waals surface area (Å²) in [5.74, 6) is 1.82. The summed E-state index contributed by atoms with van der Waals surface area (Å²) < 4.78 is 20.2. The maximum atomic E-state index is 14.4. The van der Waals surface area contributed by atoms with Crippen LogP contribution >= 0.6 is 0 Å². The van der Waals surface area contributed by atoms with Crippen molar-refractivity contribution < 1.29 is 9.13 Å². The van der Waals surface area contributed by atoms with Gasteiger partial charge in [0.2, 0.25) is 0 Å². The Labute approximate surface area is 122 Å². The van der Waals surface area contributed by atoms with Crippen molar-refractivity contribution in [3.05, 3.63) is 29.1 Å². The molecule has 1 nitrogen and oxygen atoms in total. The molecular weight excluding hydrogens is 251 g/mol. The largest absolute Gasteiger partial charge is 0.490 e. The fourth-order valence-electron chi connectivity index (χ4n) is 2.51. The van der Waals surface area contributed by atoms with E-state index in [1.807, 2.05) is 0 Å². The fraction of sp³-hybridized carbons (Fsp3) is 0.667. The van der Waals surface area contributed by atoms with Crippen molar-refractivity contribution >= 4 is 0 Å². The van der Waals surface area contributed by atoms with Gasteiger partial charge < -0.3 is 4.74 Å². The third kappa shape index (κ3) is 3.53. The molecule has 1 fully saturated rings. The Morgan fingerprint density at radius 2 is 1.95 bits per heavy atom. The highest BCUT2D eigenvalue weighted by Gasteiger charge is 2.25. The van der Waals surface area contributed by atoms with E-state index in [9.17, 15) is 4.39 Å². The Morgan fingerprint density at radius 1 is 1.25 bits per heavy atom. The Balaban J connectivity index is 2.29. The molecule has 1 aliphatic carbocycles. The summed E-state index contributed by atoms with van der Waals surface area (Å²) in [7, 11) is 0. The van der Waals surface area contributed by atoms with Crippen LogP contribution in [-0.4, -0.2) is 6.61 Å². The summed E-state index contributed by atoms with van der Waals surface area (Å²) in [5.41, 5.74) is 2.11. The van der Waals surface area contributed by atoms with Crippen molar-refractivity contribution in [1.82, 2.24) is 0 Å². The van der Waals surface area contributed by atoms with Crippen LogP contribution in [0.4, 0.5) is 4.39 Å². The molecule has 0 spiro atoms. The van der Waals surface area contributed by atoms with Crippen molar-refractivity contribution in [2.45, 2.75) is 59.3 Å². The number of rotatable bonds is 7. The van der Waals surface area contributed by atoms with Crippen LogP contribution in [0.15, 0.2) is 12.1 Å². The third-order valence-corrected chi connectivity index (χ3v) is 4.69. The number of hydrogen-bond acceptors (Lipinski definition) is 1. The smallest absolute Gasteiger partial charge is 0.165 e. The minimum absolute atomic E-state index is 0.185. The van der Waals surface area contributed by atoms with Crippen LogP contribution in [0.3, 0.4) is 0 Å². The van der Waals surface area contributed by atoms with E-state index in [1.165, 1.54) is 12.8 Å². The highest BCUT2D eigenvalue weighted by molar-refractivity contribution is 5.41. The van der Waals surface area contributed by atoms with Crippen molar-refractivity contribution in [2.24, 2.45) is 11.8 Å². The number of halogens is 1. The first-order valence-electron chi connectivity index (χ1n) is 8.01. The first kappa shape index (κ1) is 15.3. The van der Waals surface area contributed by atoms with Crippen LogP contribution < -0.4 is 4.74 Å². The van der Waals surface area contributed by atoms with Gasteiger partial charge in [-0.1, -0.05) is 40.2 Å². The van der Waals surface area contributed by atoms with Crippen LogP contribution in [0.25, 0.3) is 0 Å². The molecule has 0 radical (unpaired) electrons. The minimum atomic E-state index is -0.185. The van der Waals surface area contributed by atoms with E-state index in [0.717, 1.165) is 24.0 Å². The average Bonchev–Trinajstić information content (AvgIpc) is 3.27. The molecule has 112 valence electrons. The van der Waals surface area contributed by atoms with Crippen molar-refractivity contribution in [2.75, 3.05) is 6.61 Å². The number of hydrogen-bond donors (Lipinski definition) is 0. The quantitative estimate of drug-likeness (QED) is 0.655. The molecule has 2 heteroatoms. The zero-order chi connectivity index (χ0) is 14.7. The molecule has 20 heavy (non-hydrogen) atoms. The molecule has 0 saturated heterocycles. The van der Waals surface area contributed by atoms with Gasteiger partial charge in [-0.15, -0.1) is 0 Å². The molecule has 1 aromatic carbocycles. The summed E-state index contributed by atoms with van der Waals surface area (Å²) in [6, 6.07) is 3.78. The first-order chi connectivity index (χ1) is 9.56. The predicted octanol–water partition coefficient (Wildman–Crippen LogP) is 5.33. The second kappa shape index (κ2) is 6.60. The van der Waals surface area contributed by atoms with Crippen LogP contribution in [0.5, 0.6) is 5.75 Å². The summed E-state index contributed by atoms with van der Waals surface area (Å²) in [6.45, 7) is 9.34. The molecule has 0 heterocycles. The standard InChI is InChI=1S/C18H27FO/c1-5-12(3)13(4)16-9-14(6-2)10-17(19)18(16)20-11-15-7-8-15/h9-10,12-13,15H,5-8,11H2,1-4H3. The maximum Gasteiger partial charge on any atom is 0.165 e. The monoisotopic (exact) mass is 278 g/mol. The highest BCUT2D eigenvalue weighted by Crippen LogP contribution is 2.37. The van der Waals surface area contributed by atoms with E-state index in [2.05, 4.69) is 33.8 Å². The lowest BCUT2D eigenvalue weighted by molar-refractivity contribution is 0.277. The van der Waals surface area contributed by atoms with Gasteiger partial charge in [0, 0.05) is 5.56 Å². The highest BCUT2D eigenvalue weighted by atomic mass is 19.1. The summed E-state index contributed by atoms with van der Waals surface area (Å²) in [6.07, 6.45) is 4.41. The predicted molar refractivity (Wildman–Crippen MR) is 81.9 cm³/mol. The van der Waals surface area contributed by atoms with E-state index in [-0.39, 0.29) is 5.82 Å². The molecular formula is C18H27FO. The SMILES string of the molecule is CCc1cc(F)c(OCC2CC2)c(C(C)C(C)CC)c1. The van der Waals surface area contributed by atoms with E-state index in [0.29, 0.717) is 30.1 Å². The molecule has 0 aromatic heterocycles. The van der Waals surface area contributed by atoms with Crippen molar-refractivity contribution in [3.63, 3.8) is 0 Å². The molecule has 1 saturated carbocycles. The molecule has 2 rings (SSSR count). The zero-order valence-electron chi connectivity index (χ0n) is 13.2. The normalized spacial score (nSPS) is 17.9. The summed E-state index contributed by atoms with van der Waals surface area (Å²) in [4.78, 5) is 0. The second-order valence-corrected chi connectivity index (χ2v) is 6.28. The number of benzene rings is 1. The maximum absolute atomic E-state index is 14.4. The molecule has 0 aliphatic heterocycles. The Morgan fingerprint density at radius 3 is 2.50 bits per heavy atom. The average molecular weight is 278 g/mol. The van der Waals surface area contributed by atoms with Crippen LogP contribution in [0, 0.1) is 17.7 Å². The van der Waals surface area contributed by atoms with Crippen molar-refractivity contribution in [3.8, 4) is 5.75 Å². The lowest BCUT2D eigenvalue weighted by Gasteiger charge is -2.23. The fourth-order valence-corrected chi connectivity index (χ4v) is 2.51. The molecule has 0 amide bonds. The Bertz CT molecular complexity index is 451. The van der Waals surface area contributed by atoms with Gasteiger partial charge in [0.1, 0.15) is 0 Å². The van der Waals surface area contributed by atoms with E-state index < -0.39 is 0 Å². The molecule has 1 aromatic rings. The molecule has 2 atom stereocenters. The molecule has 2 unspecified atom stereocenters. The van der Waals surface area contributed by atoms with Crippen LogP contribution in [0.1, 0.15) is 64.0 Å². The Hall–Kier alpha value is -1.05. The second-order valence-electron chi connectivity index (χ2n) is 6.28. The van der Waals surface area contributed by atoms with E-state index in [4.69, 9.17) is 4.74 Å². The van der Waals surface area contributed by atoms with E-state index >= 15 is 0 Å². The first-order valence-corrected chi connectivity index (χ1v) is 8.01. The van der Waals surface area contributed by atoms with Crippen molar-refractivity contribution in [1.29, 1.82) is 0 Å². The van der Waals surface area contributed by atoms with Gasteiger partial charge >= 0.3 is 0 Å². The topological polar surface area (TPSA) is 9.23 Å². The van der Waals surface area contributed by atoms with Gasteiger partial charge in [-0.2, -0.15) is 0 Å². The number of ether oxygens (including phenoxy) is 1. The zero-order valence-corrected chi connectivity index (χ0v) is 13.2. The summed E-state index contributed by atoms with van der Waals surface area (Å²) in [5, 5.41) is 0. The molecule has 0 bridgehead atoms. The van der Waals surface area contributed by atoms with Gasteiger partial charge in [0.15, 0.2) is 11.6 Å². The summed E-state index contributed by atoms with van der Waals surface area (Å²) >= 11 is 0. The lowest BCUT2D eigenvalue weighted by Crippen LogP contribution is -2.11. The molecule has 0 N–H and O–H groups in total. The minimum Gasteiger partial charge on any atom is -0.490 e. The van der Waals surface area contributed by atoms with Gasteiger partial charge in [0.05, 0.1) is 6.61 Å². The van der Waals surface area contributed by atoms with E-state index in [1.54, 1.807) is 6.07 Å². The van der Waals surface area contributed by atoms with Crippen LogP contribution in [-0.2, 0) is 6.42 Å². The van der Waals surface area contributed by atoms with Gasteiger partial charge in [-0.3, -0.25) is 0 Å². The lowest BCUT2D eigenvalue weighted by atomic mass is 9.85. The Kier molecular flexibility index (Phi) is 5.06. The van der Waals surface area contributed by atoms with Crippen LogP contribution in [0.2, 0.25) is 0 Å².